The molecule has 2 aliphatic rings. The maximum Gasteiger partial charge on any atom is 0.416 e. The second kappa shape index (κ2) is 7.15. The first-order chi connectivity index (χ1) is 14.4. The topological polar surface area (TPSA) is 62.3 Å². The third-order valence-corrected chi connectivity index (χ3v) is 5.80. The van der Waals surface area contributed by atoms with Gasteiger partial charge in [-0.05, 0) is 44.4 Å². The van der Waals surface area contributed by atoms with Crippen LogP contribution in [0, 0.1) is 24.0 Å². The van der Waals surface area contributed by atoms with E-state index in [0.29, 0.717) is 25.0 Å². The van der Waals surface area contributed by atoms with Gasteiger partial charge in [0.15, 0.2) is 0 Å². The van der Waals surface area contributed by atoms with Crippen molar-refractivity contribution in [3.05, 3.63) is 52.2 Å². The molecule has 164 valence electrons. The molecule has 5 nitrogen and oxygen atoms in total. The quantitative estimate of drug-likeness (QED) is 0.526. The molecule has 1 spiro atoms. The van der Waals surface area contributed by atoms with Crippen molar-refractivity contribution >= 4 is 34.9 Å². The number of amides is 2. The van der Waals surface area contributed by atoms with Gasteiger partial charge in [0.1, 0.15) is 23.5 Å². The van der Waals surface area contributed by atoms with Crippen molar-refractivity contribution in [3.8, 4) is 0 Å². The first kappa shape index (κ1) is 21.5. The predicted octanol–water partition coefficient (Wildman–Crippen LogP) is 4.86. The van der Waals surface area contributed by atoms with Crippen molar-refractivity contribution in [3.63, 3.8) is 0 Å². The molecule has 1 N–H and O–H groups in total. The number of carbonyl (C=O) groups excluding carboxylic acids is 2. The Bertz CT molecular complexity index is 1100. The summed E-state index contributed by atoms with van der Waals surface area (Å²) in [5.74, 6) is -3.75. The highest BCUT2D eigenvalue weighted by Gasteiger charge is 2.61. The molecule has 2 aromatic rings. The number of nitrogens with one attached hydrogen (secondary N) is 1. The minimum atomic E-state index is -4.67. The van der Waals surface area contributed by atoms with Gasteiger partial charge >= 0.3 is 6.18 Å². The third kappa shape index (κ3) is 3.84. The molecular formula is C20H15ClF5N3O2. The van der Waals surface area contributed by atoms with Crippen LogP contribution in [0.15, 0.2) is 24.3 Å². The van der Waals surface area contributed by atoms with Crippen LogP contribution >= 0.6 is 11.6 Å². The van der Waals surface area contributed by atoms with Crippen molar-refractivity contribution in [2.75, 3.05) is 10.2 Å². The highest BCUT2D eigenvalue weighted by Crippen LogP contribution is 2.56. The number of anilines is 2. The highest BCUT2D eigenvalue weighted by molar-refractivity contribution is 6.31. The van der Waals surface area contributed by atoms with Crippen LogP contribution in [0.1, 0.15) is 30.5 Å². The molecule has 1 aromatic carbocycles. The molecule has 4 rings (SSSR count). The van der Waals surface area contributed by atoms with Gasteiger partial charge in [-0.25, -0.2) is 13.8 Å². The van der Waals surface area contributed by atoms with Crippen molar-refractivity contribution in [1.29, 1.82) is 0 Å². The van der Waals surface area contributed by atoms with Gasteiger partial charge in [0.05, 0.1) is 21.7 Å². The molecule has 1 atom stereocenters. The van der Waals surface area contributed by atoms with Gasteiger partial charge in [-0.15, -0.1) is 0 Å². The van der Waals surface area contributed by atoms with Crippen LogP contribution in [0.3, 0.4) is 0 Å². The number of pyridine rings is 1. The van der Waals surface area contributed by atoms with Crippen molar-refractivity contribution in [2.24, 2.45) is 5.41 Å². The first-order valence-corrected chi connectivity index (χ1v) is 9.64. The van der Waals surface area contributed by atoms with E-state index in [4.69, 9.17) is 11.6 Å². The molecule has 11 heteroatoms. The number of aryl methyl sites for hydroxylation is 1. The lowest BCUT2D eigenvalue weighted by Crippen LogP contribution is -2.42. The van der Waals surface area contributed by atoms with Crippen molar-refractivity contribution in [2.45, 2.75) is 38.4 Å². The van der Waals surface area contributed by atoms with Gasteiger partial charge in [0.25, 0.3) is 0 Å². The lowest BCUT2D eigenvalue weighted by Gasteiger charge is -2.24. The van der Waals surface area contributed by atoms with Gasteiger partial charge in [-0.3, -0.25) is 14.5 Å². The number of aromatic nitrogens is 1. The Morgan fingerprint density at radius 1 is 1.19 bits per heavy atom. The molecule has 1 aliphatic heterocycles. The Morgan fingerprint density at radius 2 is 1.87 bits per heavy atom. The van der Waals surface area contributed by atoms with E-state index < -0.39 is 57.4 Å². The fourth-order valence-corrected chi connectivity index (χ4v) is 3.92. The summed E-state index contributed by atoms with van der Waals surface area (Å²) in [6.07, 6.45) is -3.65. The van der Waals surface area contributed by atoms with Crippen molar-refractivity contribution < 1.29 is 31.5 Å². The van der Waals surface area contributed by atoms with Crippen LogP contribution in [-0.4, -0.2) is 22.8 Å². The Morgan fingerprint density at radius 3 is 2.48 bits per heavy atom. The van der Waals surface area contributed by atoms with Crippen LogP contribution in [0.2, 0.25) is 5.02 Å². The zero-order chi connectivity index (χ0) is 22.7. The zero-order valence-corrected chi connectivity index (χ0v) is 16.7. The summed E-state index contributed by atoms with van der Waals surface area (Å²) >= 11 is 5.64. The Kier molecular flexibility index (Phi) is 4.95. The van der Waals surface area contributed by atoms with Crippen LogP contribution in [0.25, 0.3) is 0 Å². The second-order valence-corrected chi connectivity index (χ2v) is 8.17. The summed E-state index contributed by atoms with van der Waals surface area (Å²) in [6.45, 7) is 1.34. The monoisotopic (exact) mass is 459 g/mol. The molecular weight excluding hydrogens is 445 g/mol. The summed E-state index contributed by atoms with van der Waals surface area (Å²) in [6, 6.07) is 1.71. The van der Waals surface area contributed by atoms with E-state index in [0.717, 1.165) is 17.0 Å². The van der Waals surface area contributed by atoms with Crippen LogP contribution < -0.4 is 10.2 Å². The van der Waals surface area contributed by atoms with E-state index in [9.17, 15) is 31.5 Å². The number of alkyl halides is 3. The number of nitrogens with zero attached hydrogens (tertiary/aromatic N) is 2. The summed E-state index contributed by atoms with van der Waals surface area (Å²) in [5, 5.41) is 1.83. The SMILES string of the molecule is Cc1cc(C(F)(F)F)cc(N2C(=O)C3(CC3)CC2C(=O)Nc2cc(Cl)c(F)cc2F)n1. The molecule has 1 saturated carbocycles. The summed E-state index contributed by atoms with van der Waals surface area (Å²) in [4.78, 5) is 30.9. The Hall–Kier alpha value is -2.75. The minimum Gasteiger partial charge on any atom is -0.322 e. The molecule has 1 aliphatic carbocycles. The molecule has 0 bridgehead atoms. The van der Waals surface area contributed by atoms with Crippen LogP contribution in [0.4, 0.5) is 33.5 Å². The number of hydrogen-bond acceptors (Lipinski definition) is 3. The van der Waals surface area contributed by atoms with Gasteiger partial charge in [-0.2, -0.15) is 13.2 Å². The molecule has 1 unspecified atom stereocenters. The van der Waals surface area contributed by atoms with E-state index >= 15 is 0 Å². The molecule has 2 heterocycles. The molecule has 31 heavy (non-hydrogen) atoms. The maximum absolute atomic E-state index is 14.0. The maximum atomic E-state index is 14.0. The van der Waals surface area contributed by atoms with Gasteiger partial charge in [0.2, 0.25) is 11.8 Å². The second-order valence-electron chi connectivity index (χ2n) is 7.76. The van der Waals surface area contributed by atoms with Crippen LogP contribution in [0.5, 0.6) is 0 Å². The Balaban J connectivity index is 1.70. The highest BCUT2D eigenvalue weighted by atomic mass is 35.5. The fourth-order valence-electron chi connectivity index (χ4n) is 3.76. The summed E-state index contributed by atoms with van der Waals surface area (Å²) in [7, 11) is 0. The fraction of sp³-hybridized carbons (Fsp3) is 0.350. The average molecular weight is 460 g/mol. The third-order valence-electron chi connectivity index (χ3n) is 5.51. The molecule has 2 fully saturated rings. The number of rotatable bonds is 3. The summed E-state index contributed by atoms with van der Waals surface area (Å²) < 4.78 is 67.2. The largest absolute Gasteiger partial charge is 0.416 e. The predicted molar refractivity (Wildman–Crippen MR) is 102 cm³/mol. The number of carbonyl (C=O) groups is 2. The van der Waals surface area contributed by atoms with E-state index in [2.05, 4.69) is 10.3 Å². The first-order valence-electron chi connectivity index (χ1n) is 9.26. The number of hydrogen-bond donors (Lipinski definition) is 1. The Labute approximate surface area is 178 Å². The standard InChI is InChI=1S/C20H15ClF5N3O2/c1-9-4-10(20(24,25)26)5-16(27-9)29-15(8-19(2-3-19)18(29)31)17(30)28-14-6-11(21)12(22)7-13(14)23/h4-7,15H,2-3,8H2,1H3,(H,28,30). The molecule has 0 radical (unpaired) electrons. The lowest BCUT2D eigenvalue weighted by atomic mass is 10.0. The average Bonchev–Trinajstić information content (AvgIpc) is 3.38. The molecule has 1 aromatic heterocycles. The van der Waals surface area contributed by atoms with E-state index in [1.807, 2.05) is 0 Å². The number of halogens is 6. The van der Waals surface area contributed by atoms with E-state index in [1.54, 1.807) is 0 Å². The van der Waals surface area contributed by atoms with Gasteiger partial charge in [0, 0.05) is 11.8 Å². The lowest BCUT2D eigenvalue weighted by molar-refractivity contribution is -0.137. The smallest absolute Gasteiger partial charge is 0.322 e. The van der Waals surface area contributed by atoms with Crippen molar-refractivity contribution in [1.82, 2.24) is 4.98 Å². The minimum absolute atomic E-state index is 0.0184. The normalized spacial score (nSPS) is 19.8. The van der Waals surface area contributed by atoms with E-state index in [1.165, 1.54) is 6.92 Å². The molecule has 1 saturated heterocycles. The van der Waals surface area contributed by atoms with E-state index in [-0.39, 0.29) is 17.9 Å². The zero-order valence-electron chi connectivity index (χ0n) is 16.0. The summed E-state index contributed by atoms with van der Waals surface area (Å²) in [5.41, 5.74) is -2.24. The molecule has 2 amide bonds. The van der Waals surface area contributed by atoms with Crippen LogP contribution in [-0.2, 0) is 15.8 Å². The van der Waals surface area contributed by atoms with Gasteiger partial charge < -0.3 is 5.32 Å². The number of benzene rings is 1. The van der Waals surface area contributed by atoms with Gasteiger partial charge in [-0.1, -0.05) is 11.6 Å².